The van der Waals surface area contributed by atoms with Crippen LogP contribution in [0.15, 0.2) is 0 Å². The minimum absolute atomic E-state index is 0.274. The van der Waals surface area contributed by atoms with Gasteiger partial charge in [-0.25, -0.2) is 0 Å². The lowest BCUT2D eigenvalue weighted by Crippen LogP contribution is -2.47. The summed E-state index contributed by atoms with van der Waals surface area (Å²) in [4.78, 5) is 0. The fourth-order valence-corrected chi connectivity index (χ4v) is 1.07. The van der Waals surface area contributed by atoms with E-state index in [2.05, 4.69) is 0 Å². The third-order valence-corrected chi connectivity index (χ3v) is 2.99. The molecule has 3 nitrogen and oxygen atoms in total. The number of ether oxygens (including phenoxy) is 1. The number of hydrogen-bond acceptors (Lipinski definition) is 3. The molecule has 0 aliphatic heterocycles. The highest BCUT2D eigenvalue weighted by atomic mass is 16.5. The standard InChI is InChI=1S/C12H26O3/c1-11(2,14)12(3,4)15-10-8-6-5-7-9-13/h13-14H,5-10H2,1-4H3. The summed E-state index contributed by atoms with van der Waals surface area (Å²) in [6.45, 7) is 8.28. The molecule has 0 amide bonds. The molecule has 0 aliphatic rings. The maximum atomic E-state index is 9.83. The molecule has 0 saturated carbocycles. The van der Waals surface area contributed by atoms with E-state index in [1.54, 1.807) is 13.8 Å². The first-order chi connectivity index (χ1) is 6.81. The van der Waals surface area contributed by atoms with Crippen molar-refractivity contribution in [3.8, 4) is 0 Å². The Morgan fingerprint density at radius 2 is 1.47 bits per heavy atom. The van der Waals surface area contributed by atoms with Crippen LogP contribution >= 0.6 is 0 Å². The first-order valence-corrected chi connectivity index (χ1v) is 5.78. The molecule has 0 radical (unpaired) electrons. The summed E-state index contributed by atoms with van der Waals surface area (Å²) in [5.41, 5.74) is -1.33. The lowest BCUT2D eigenvalue weighted by molar-refractivity contribution is -0.147. The van der Waals surface area contributed by atoms with Crippen molar-refractivity contribution >= 4 is 0 Å². The summed E-state index contributed by atoms with van der Waals surface area (Å²) < 4.78 is 5.66. The molecule has 0 aromatic rings. The maximum Gasteiger partial charge on any atom is 0.0906 e. The van der Waals surface area contributed by atoms with Crippen LogP contribution in [0.3, 0.4) is 0 Å². The largest absolute Gasteiger partial charge is 0.396 e. The van der Waals surface area contributed by atoms with E-state index in [0.717, 1.165) is 25.7 Å². The highest BCUT2D eigenvalue weighted by Crippen LogP contribution is 2.25. The van der Waals surface area contributed by atoms with Crippen LogP contribution in [0, 0.1) is 0 Å². The molecule has 92 valence electrons. The molecule has 2 N–H and O–H groups in total. The molecule has 0 saturated heterocycles. The van der Waals surface area contributed by atoms with Crippen LogP contribution in [0.1, 0.15) is 53.4 Å². The van der Waals surface area contributed by atoms with Crippen LogP contribution < -0.4 is 0 Å². The smallest absolute Gasteiger partial charge is 0.0906 e. The van der Waals surface area contributed by atoms with E-state index in [1.807, 2.05) is 13.8 Å². The molecule has 0 spiro atoms. The quantitative estimate of drug-likeness (QED) is 0.613. The van der Waals surface area contributed by atoms with Crippen molar-refractivity contribution in [1.29, 1.82) is 0 Å². The zero-order valence-electron chi connectivity index (χ0n) is 10.5. The van der Waals surface area contributed by atoms with Gasteiger partial charge in [0.2, 0.25) is 0 Å². The molecule has 3 heteroatoms. The molecule has 0 aromatic carbocycles. The van der Waals surface area contributed by atoms with Crippen molar-refractivity contribution in [1.82, 2.24) is 0 Å². The molecular formula is C12H26O3. The topological polar surface area (TPSA) is 49.7 Å². The Labute approximate surface area is 93.5 Å². The molecule has 0 bridgehead atoms. The monoisotopic (exact) mass is 218 g/mol. The van der Waals surface area contributed by atoms with Crippen LogP contribution in [0.2, 0.25) is 0 Å². The van der Waals surface area contributed by atoms with E-state index in [0.29, 0.717) is 6.61 Å². The third kappa shape index (κ3) is 6.13. The van der Waals surface area contributed by atoms with Crippen LogP contribution in [-0.4, -0.2) is 34.6 Å². The van der Waals surface area contributed by atoms with Gasteiger partial charge in [-0.05, 0) is 40.5 Å². The lowest BCUT2D eigenvalue weighted by Gasteiger charge is -2.37. The molecular weight excluding hydrogens is 192 g/mol. The Morgan fingerprint density at radius 3 is 1.93 bits per heavy atom. The van der Waals surface area contributed by atoms with Crippen molar-refractivity contribution in [3.63, 3.8) is 0 Å². The second kappa shape index (κ2) is 6.46. The third-order valence-electron chi connectivity index (χ3n) is 2.99. The highest BCUT2D eigenvalue weighted by molar-refractivity contribution is 4.87. The van der Waals surface area contributed by atoms with Crippen LogP contribution in [0.25, 0.3) is 0 Å². The number of unbranched alkanes of at least 4 members (excludes halogenated alkanes) is 3. The lowest BCUT2D eigenvalue weighted by atomic mass is 9.89. The second-order valence-corrected chi connectivity index (χ2v) is 5.06. The summed E-state index contributed by atoms with van der Waals surface area (Å²) in [5, 5.41) is 18.4. The molecule has 0 unspecified atom stereocenters. The van der Waals surface area contributed by atoms with Crippen molar-refractivity contribution in [2.75, 3.05) is 13.2 Å². The molecule has 0 rings (SSSR count). The molecule has 0 aliphatic carbocycles. The Kier molecular flexibility index (Phi) is 6.41. The van der Waals surface area contributed by atoms with Crippen LogP contribution in [0.4, 0.5) is 0 Å². The van der Waals surface area contributed by atoms with Gasteiger partial charge in [0.25, 0.3) is 0 Å². The Hall–Kier alpha value is -0.120. The predicted molar refractivity (Wildman–Crippen MR) is 61.9 cm³/mol. The van der Waals surface area contributed by atoms with Gasteiger partial charge in [-0.3, -0.25) is 0 Å². The number of aliphatic hydroxyl groups excluding tert-OH is 1. The highest BCUT2D eigenvalue weighted by Gasteiger charge is 2.35. The van der Waals surface area contributed by atoms with Gasteiger partial charge in [0.1, 0.15) is 0 Å². The van der Waals surface area contributed by atoms with Gasteiger partial charge < -0.3 is 14.9 Å². The first kappa shape index (κ1) is 14.9. The van der Waals surface area contributed by atoms with Crippen LogP contribution in [0.5, 0.6) is 0 Å². The molecule has 0 aromatic heterocycles. The summed E-state index contributed by atoms with van der Waals surface area (Å²) >= 11 is 0. The number of hydrogen-bond donors (Lipinski definition) is 2. The Bertz CT molecular complexity index is 159. The van der Waals surface area contributed by atoms with E-state index in [1.165, 1.54) is 0 Å². The van der Waals surface area contributed by atoms with Crippen molar-refractivity contribution < 1.29 is 14.9 Å². The number of aliphatic hydroxyl groups is 2. The zero-order chi connectivity index (χ0) is 11.9. The van der Waals surface area contributed by atoms with Crippen molar-refractivity contribution in [2.24, 2.45) is 0 Å². The SMILES string of the molecule is CC(C)(O)C(C)(C)OCCCCCCO. The Balaban J connectivity index is 3.58. The molecule has 0 atom stereocenters. The maximum absolute atomic E-state index is 9.83. The van der Waals surface area contributed by atoms with E-state index in [-0.39, 0.29) is 6.61 Å². The average molecular weight is 218 g/mol. The normalized spacial score (nSPS) is 13.2. The van der Waals surface area contributed by atoms with Gasteiger partial charge in [-0.2, -0.15) is 0 Å². The summed E-state index contributed by atoms with van der Waals surface area (Å²) in [7, 11) is 0. The molecule has 0 fully saturated rings. The van der Waals surface area contributed by atoms with Gasteiger partial charge in [0.05, 0.1) is 11.2 Å². The molecule has 15 heavy (non-hydrogen) atoms. The van der Waals surface area contributed by atoms with Gasteiger partial charge >= 0.3 is 0 Å². The minimum Gasteiger partial charge on any atom is -0.396 e. The predicted octanol–water partition coefficient (Wildman–Crippen LogP) is 2.11. The van der Waals surface area contributed by atoms with Crippen LogP contribution in [-0.2, 0) is 4.74 Å². The molecule has 0 heterocycles. The van der Waals surface area contributed by atoms with E-state index in [4.69, 9.17) is 9.84 Å². The van der Waals surface area contributed by atoms with Crippen molar-refractivity contribution in [3.05, 3.63) is 0 Å². The first-order valence-electron chi connectivity index (χ1n) is 5.78. The van der Waals surface area contributed by atoms with Crippen molar-refractivity contribution in [2.45, 2.75) is 64.6 Å². The van der Waals surface area contributed by atoms with E-state index < -0.39 is 11.2 Å². The second-order valence-electron chi connectivity index (χ2n) is 5.06. The van der Waals surface area contributed by atoms with E-state index >= 15 is 0 Å². The summed E-state index contributed by atoms with van der Waals surface area (Å²) in [6, 6.07) is 0. The summed E-state index contributed by atoms with van der Waals surface area (Å²) in [5.74, 6) is 0. The minimum atomic E-state index is -0.821. The summed E-state index contributed by atoms with van der Waals surface area (Å²) in [6.07, 6.45) is 3.97. The van der Waals surface area contributed by atoms with Gasteiger partial charge in [0, 0.05) is 13.2 Å². The average Bonchev–Trinajstić information content (AvgIpc) is 2.09. The Morgan fingerprint density at radius 1 is 0.933 bits per heavy atom. The fourth-order valence-electron chi connectivity index (χ4n) is 1.07. The van der Waals surface area contributed by atoms with Gasteiger partial charge in [0.15, 0.2) is 0 Å². The number of rotatable bonds is 8. The van der Waals surface area contributed by atoms with Gasteiger partial charge in [-0.1, -0.05) is 12.8 Å². The fraction of sp³-hybridized carbons (Fsp3) is 1.00. The van der Waals surface area contributed by atoms with E-state index in [9.17, 15) is 5.11 Å². The van der Waals surface area contributed by atoms with Gasteiger partial charge in [-0.15, -0.1) is 0 Å². The zero-order valence-corrected chi connectivity index (χ0v) is 10.5.